The zero-order chi connectivity index (χ0) is 25.5. The number of hydrogen-bond donors (Lipinski definition) is 0. The van der Waals surface area contributed by atoms with Crippen molar-refractivity contribution in [3.05, 3.63) is 70.7 Å². The molecule has 11 nitrogen and oxygen atoms in total. The van der Waals surface area contributed by atoms with Gasteiger partial charge >= 0.3 is 11.8 Å². The molecule has 36 heavy (non-hydrogen) atoms. The van der Waals surface area contributed by atoms with Crippen molar-refractivity contribution in [1.29, 1.82) is 0 Å². The van der Waals surface area contributed by atoms with Crippen LogP contribution in [-0.4, -0.2) is 65.6 Å². The molecule has 0 radical (unpaired) electrons. The van der Waals surface area contributed by atoms with Crippen LogP contribution in [0.3, 0.4) is 0 Å². The van der Waals surface area contributed by atoms with Crippen molar-refractivity contribution >= 4 is 21.5 Å². The Labute approximate surface area is 206 Å². The zero-order valence-corrected chi connectivity index (χ0v) is 20.2. The van der Waals surface area contributed by atoms with Crippen molar-refractivity contribution in [1.82, 2.24) is 13.9 Å². The summed E-state index contributed by atoms with van der Waals surface area (Å²) < 4.78 is 54.0. The van der Waals surface area contributed by atoms with Gasteiger partial charge in [0.1, 0.15) is 24.4 Å². The molecule has 3 aromatic rings. The Bertz CT molecular complexity index is 1350. The van der Waals surface area contributed by atoms with E-state index in [1.807, 2.05) is 4.90 Å². The van der Waals surface area contributed by atoms with Crippen LogP contribution in [0.15, 0.2) is 59.6 Å². The molecule has 1 atom stereocenters. The molecule has 0 amide bonds. The molecule has 0 bridgehead atoms. The van der Waals surface area contributed by atoms with Crippen LogP contribution in [-0.2, 0) is 16.6 Å². The predicted octanol–water partition coefficient (Wildman–Crippen LogP) is 2.67. The second kappa shape index (κ2) is 9.06. The van der Waals surface area contributed by atoms with E-state index in [2.05, 4.69) is 4.98 Å². The van der Waals surface area contributed by atoms with Crippen molar-refractivity contribution in [2.45, 2.75) is 24.0 Å². The van der Waals surface area contributed by atoms with Crippen LogP contribution in [0.5, 0.6) is 11.8 Å². The van der Waals surface area contributed by atoms with Crippen LogP contribution in [0, 0.1) is 15.9 Å². The van der Waals surface area contributed by atoms with Gasteiger partial charge in [0.25, 0.3) is 0 Å². The maximum atomic E-state index is 13.2. The van der Waals surface area contributed by atoms with Crippen molar-refractivity contribution in [2.24, 2.45) is 0 Å². The molecule has 5 rings (SSSR count). The summed E-state index contributed by atoms with van der Waals surface area (Å²) in [5.74, 6) is -0.118. The van der Waals surface area contributed by atoms with Crippen molar-refractivity contribution < 1.29 is 27.2 Å². The maximum absolute atomic E-state index is 13.2. The Balaban J connectivity index is 1.17. The monoisotopic (exact) mass is 517 g/mol. The van der Waals surface area contributed by atoms with Crippen molar-refractivity contribution in [3.63, 3.8) is 0 Å². The van der Waals surface area contributed by atoms with Gasteiger partial charge in [-0.3, -0.25) is 4.57 Å². The van der Waals surface area contributed by atoms with Gasteiger partial charge in [-0.15, -0.1) is 0 Å². The first kappa shape index (κ1) is 24.0. The standard InChI is InChI=1S/C23H24FN5O6S/c1-23(15-27-14-21(29(30)31)25-22(27)35-23)16-34-19-6-8-20(9-7-19)36(32,33)28-12-10-26(11-13-28)18-4-2-17(24)3-5-18/h2-9,14H,10-13,15-16H2,1H3/t23-/m1/s1. The Morgan fingerprint density at radius 2 is 1.78 bits per heavy atom. The van der Waals surface area contributed by atoms with Gasteiger partial charge < -0.3 is 24.5 Å². The van der Waals surface area contributed by atoms with Gasteiger partial charge in [0.15, 0.2) is 5.60 Å². The van der Waals surface area contributed by atoms with Gasteiger partial charge in [-0.1, -0.05) is 0 Å². The average Bonchev–Trinajstić information content (AvgIpc) is 3.39. The number of nitrogens with zero attached hydrogens (tertiary/aromatic N) is 5. The van der Waals surface area contributed by atoms with Crippen LogP contribution in [0.2, 0.25) is 0 Å². The molecule has 13 heteroatoms. The Kier molecular flexibility index (Phi) is 6.04. The fourth-order valence-electron chi connectivity index (χ4n) is 4.29. The quantitative estimate of drug-likeness (QED) is 0.347. The van der Waals surface area contributed by atoms with Crippen LogP contribution in [0.1, 0.15) is 6.92 Å². The fraction of sp³-hybridized carbons (Fsp3) is 0.348. The number of anilines is 1. The minimum Gasteiger partial charge on any atom is -0.489 e. The number of ether oxygens (including phenoxy) is 2. The molecule has 1 aromatic heterocycles. The van der Waals surface area contributed by atoms with E-state index in [9.17, 15) is 22.9 Å². The van der Waals surface area contributed by atoms with E-state index in [0.29, 0.717) is 38.5 Å². The number of rotatable bonds is 7. The first-order valence-corrected chi connectivity index (χ1v) is 12.7. The van der Waals surface area contributed by atoms with E-state index in [4.69, 9.17) is 9.47 Å². The lowest BCUT2D eigenvalue weighted by Crippen LogP contribution is -2.48. The number of imidazole rings is 1. The van der Waals surface area contributed by atoms with Gasteiger partial charge in [-0.05, 0) is 60.4 Å². The largest absolute Gasteiger partial charge is 0.489 e. The number of hydrogen-bond acceptors (Lipinski definition) is 8. The number of sulfonamides is 1. The lowest BCUT2D eigenvalue weighted by Gasteiger charge is -2.35. The predicted molar refractivity (Wildman–Crippen MR) is 127 cm³/mol. The van der Waals surface area contributed by atoms with Gasteiger partial charge in [-0.25, -0.2) is 12.8 Å². The van der Waals surface area contributed by atoms with Crippen LogP contribution < -0.4 is 14.4 Å². The Morgan fingerprint density at radius 3 is 2.39 bits per heavy atom. The van der Waals surface area contributed by atoms with E-state index < -0.39 is 20.5 Å². The molecular weight excluding hydrogens is 493 g/mol. The highest BCUT2D eigenvalue weighted by atomic mass is 32.2. The Hall–Kier alpha value is -3.71. The van der Waals surface area contributed by atoms with E-state index >= 15 is 0 Å². The molecule has 3 heterocycles. The topological polar surface area (TPSA) is 120 Å². The van der Waals surface area contributed by atoms with Crippen molar-refractivity contribution in [2.75, 3.05) is 37.7 Å². The molecule has 1 fully saturated rings. The lowest BCUT2D eigenvalue weighted by molar-refractivity contribution is -0.389. The zero-order valence-electron chi connectivity index (χ0n) is 19.4. The normalized spacial score (nSPS) is 20.1. The highest BCUT2D eigenvalue weighted by Crippen LogP contribution is 2.31. The summed E-state index contributed by atoms with van der Waals surface area (Å²) in [6, 6.07) is 12.5. The molecule has 0 unspecified atom stereocenters. The highest BCUT2D eigenvalue weighted by molar-refractivity contribution is 7.89. The number of fused-ring (bicyclic) bond motifs is 1. The number of piperazine rings is 1. The molecule has 2 aliphatic rings. The molecule has 0 saturated carbocycles. The average molecular weight is 518 g/mol. The molecule has 2 aromatic carbocycles. The molecule has 190 valence electrons. The summed E-state index contributed by atoms with van der Waals surface area (Å²) in [5, 5.41) is 10.9. The fourth-order valence-corrected chi connectivity index (χ4v) is 5.71. The minimum atomic E-state index is -3.67. The number of nitro groups is 1. The van der Waals surface area contributed by atoms with E-state index in [1.54, 1.807) is 35.8 Å². The summed E-state index contributed by atoms with van der Waals surface area (Å²) in [5.41, 5.74) is 0.0866. The number of halogens is 1. The molecule has 0 spiro atoms. The second-order valence-corrected chi connectivity index (χ2v) is 10.9. The first-order valence-electron chi connectivity index (χ1n) is 11.3. The minimum absolute atomic E-state index is 0.140. The lowest BCUT2D eigenvalue weighted by atomic mass is 10.1. The van der Waals surface area contributed by atoms with Gasteiger partial charge in [0, 0.05) is 36.9 Å². The summed E-state index contributed by atoms with van der Waals surface area (Å²) in [6.45, 7) is 3.93. The summed E-state index contributed by atoms with van der Waals surface area (Å²) in [7, 11) is -3.67. The smallest absolute Gasteiger partial charge is 0.415 e. The first-order chi connectivity index (χ1) is 17.1. The molecule has 0 N–H and O–H groups in total. The van der Waals surface area contributed by atoms with Gasteiger partial charge in [0.05, 0.1) is 11.4 Å². The van der Waals surface area contributed by atoms with E-state index in [-0.39, 0.29) is 29.1 Å². The third-order valence-corrected chi connectivity index (χ3v) is 8.11. The molecule has 1 saturated heterocycles. The summed E-state index contributed by atoms with van der Waals surface area (Å²) in [4.78, 5) is 16.3. The van der Waals surface area contributed by atoms with E-state index in [1.165, 1.54) is 34.8 Å². The molecule has 0 aliphatic carbocycles. The summed E-state index contributed by atoms with van der Waals surface area (Å²) in [6.07, 6.45) is 1.32. The van der Waals surface area contributed by atoms with Crippen LogP contribution in [0.25, 0.3) is 0 Å². The number of aromatic nitrogens is 2. The van der Waals surface area contributed by atoms with Gasteiger partial charge in [0.2, 0.25) is 10.0 Å². The second-order valence-electron chi connectivity index (χ2n) is 8.95. The SMILES string of the molecule is C[C@]1(COc2ccc(S(=O)(=O)N3CCN(c4ccc(F)cc4)CC3)cc2)Cn2cc([N+](=O)[O-])nc2O1. The summed E-state index contributed by atoms with van der Waals surface area (Å²) >= 11 is 0. The maximum Gasteiger partial charge on any atom is 0.415 e. The van der Waals surface area contributed by atoms with Crippen LogP contribution >= 0.6 is 0 Å². The van der Waals surface area contributed by atoms with Gasteiger partial charge in [-0.2, -0.15) is 4.31 Å². The highest BCUT2D eigenvalue weighted by Gasteiger charge is 2.41. The van der Waals surface area contributed by atoms with E-state index in [0.717, 1.165) is 5.69 Å². The molecule has 2 aliphatic heterocycles. The third kappa shape index (κ3) is 4.71. The third-order valence-electron chi connectivity index (χ3n) is 6.19. The van der Waals surface area contributed by atoms with Crippen molar-refractivity contribution in [3.8, 4) is 11.8 Å². The van der Waals surface area contributed by atoms with Crippen LogP contribution in [0.4, 0.5) is 15.9 Å². The molecular formula is C23H24FN5O6S. The number of benzene rings is 2. The Morgan fingerprint density at radius 1 is 1.11 bits per heavy atom.